The summed E-state index contributed by atoms with van der Waals surface area (Å²) in [5.41, 5.74) is 7.44. The Kier molecular flexibility index (Phi) is 39.8. The van der Waals surface area contributed by atoms with Crippen molar-refractivity contribution in [1.82, 2.24) is 33.6 Å². The number of hydrogen-bond donors (Lipinski definition) is 5. The summed E-state index contributed by atoms with van der Waals surface area (Å²) in [7, 11) is 1.65. The van der Waals surface area contributed by atoms with Crippen molar-refractivity contribution in [3.63, 3.8) is 0 Å². The molecule has 4 atom stereocenters. The van der Waals surface area contributed by atoms with Crippen molar-refractivity contribution in [2.75, 3.05) is 53.2 Å². The number of aromatic hydroxyl groups is 5. The van der Waals surface area contributed by atoms with Gasteiger partial charge in [0.15, 0.2) is 5.06 Å². The van der Waals surface area contributed by atoms with E-state index < -0.39 is 35.9 Å². The number of fused-ring (bicyclic) bond motifs is 5. The minimum Gasteiger partial charge on any atom is -0.508 e. The van der Waals surface area contributed by atoms with Crippen molar-refractivity contribution in [2.45, 2.75) is 119 Å². The molecule has 36 heteroatoms. The Morgan fingerprint density at radius 2 is 0.972 bits per heavy atom. The number of phenolic OH excluding ortho intramolecular Hbond substituents is 5. The zero-order valence-corrected chi connectivity index (χ0v) is 79.7. The van der Waals surface area contributed by atoms with Crippen molar-refractivity contribution in [1.29, 1.82) is 0 Å². The minimum absolute atomic E-state index is 0. The van der Waals surface area contributed by atoms with Gasteiger partial charge in [0.05, 0.1) is 40.2 Å². The summed E-state index contributed by atoms with van der Waals surface area (Å²) < 4.78 is 116. The van der Waals surface area contributed by atoms with Crippen LogP contribution in [0.1, 0.15) is 141 Å². The van der Waals surface area contributed by atoms with E-state index in [0.717, 1.165) is 73.7 Å². The first kappa shape index (κ1) is 112. The maximum absolute atomic E-state index is 13.3. The first-order chi connectivity index (χ1) is 66.4. The minimum atomic E-state index is -4.53. The first-order valence-electron chi connectivity index (χ1n) is 43.0. The lowest BCUT2D eigenvalue weighted by Gasteiger charge is -2.36. The van der Waals surface area contributed by atoms with Crippen LogP contribution >= 0.6 is 92.4 Å². The normalized spacial score (nSPS) is 15.6. The van der Waals surface area contributed by atoms with E-state index in [0.29, 0.717) is 118 Å². The zero-order valence-electron chi connectivity index (χ0n) is 73.3. The third kappa shape index (κ3) is 29.2. The summed E-state index contributed by atoms with van der Waals surface area (Å²) >= 11 is 29.9. The molecule has 0 bridgehead atoms. The van der Waals surface area contributed by atoms with Gasteiger partial charge in [0.1, 0.15) is 126 Å². The lowest BCUT2D eigenvalue weighted by Crippen LogP contribution is -2.44. The zero-order chi connectivity index (χ0) is 97.3. The highest BCUT2D eigenvalue weighted by atomic mass is 35.5. The second-order valence-electron chi connectivity index (χ2n) is 31.8. The van der Waals surface area contributed by atoms with Gasteiger partial charge < -0.3 is 87.6 Å². The Labute approximate surface area is 862 Å². The van der Waals surface area contributed by atoms with Crippen LogP contribution < -0.4 is 28.4 Å². The molecule has 6 aromatic heterocycles. The smallest absolute Gasteiger partial charge is 0.416 e. The number of nitrogens with zero attached hydrogens (tertiary/aromatic N) is 7. The average Bonchev–Trinajstić information content (AvgIpc) is 1.70. The number of methoxy groups -OCH3 is 1. The second kappa shape index (κ2) is 51.0. The summed E-state index contributed by atoms with van der Waals surface area (Å²) in [5, 5.41) is 53.0. The van der Waals surface area contributed by atoms with Crippen molar-refractivity contribution >= 4 is 127 Å². The van der Waals surface area contributed by atoms with Crippen molar-refractivity contribution < 1.29 is 99.5 Å². The monoisotopic (exact) mass is 2110 g/mol. The van der Waals surface area contributed by atoms with E-state index in [9.17, 15) is 71.1 Å². The largest absolute Gasteiger partial charge is 0.508 e. The molecule has 4 unspecified atom stereocenters. The maximum atomic E-state index is 13.3. The number of thiophene rings is 4. The Hall–Kier alpha value is -13.4. The molecule has 4 amide bonds. The van der Waals surface area contributed by atoms with Crippen LogP contribution in [0.3, 0.4) is 0 Å². The molecular weight excluding hydrogens is 2000 g/mol. The molecule has 5 aliphatic heterocycles. The highest BCUT2D eigenvalue weighted by Gasteiger charge is 2.40. The third-order valence-corrected chi connectivity index (χ3v) is 28.1. The molecule has 14 aromatic rings. The number of alkyl halides is 6. The number of ether oxygens (including phenoxy) is 6. The predicted octanol–water partition coefficient (Wildman–Crippen LogP) is 26.6. The van der Waals surface area contributed by atoms with Crippen LogP contribution in [0, 0.1) is 0 Å². The second-order valence-corrected chi connectivity index (χ2v) is 37.9. The lowest BCUT2D eigenvalue weighted by molar-refractivity contribution is -0.138. The molecule has 0 saturated heterocycles. The number of benzene rings is 8. The molecule has 5 N–H and O–H groups in total. The number of hydrogen-bond acceptors (Lipinski definition) is 20. The molecule has 19 rings (SSSR count). The summed E-state index contributed by atoms with van der Waals surface area (Å²) in [4.78, 5) is 64.8. The van der Waals surface area contributed by atoms with E-state index in [1.165, 1.54) is 73.2 Å². The number of halogens is 9. The molecular formula is C107H108Cl3F6N7O15S5. The molecule has 11 heterocycles. The van der Waals surface area contributed by atoms with Crippen LogP contribution in [0.5, 0.6) is 62.6 Å². The molecule has 0 spiro atoms. The summed E-state index contributed by atoms with van der Waals surface area (Å²) in [6, 6.07) is 67.9. The van der Waals surface area contributed by atoms with E-state index >= 15 is 0 Å². The van der Waals surface area contributed by atoms with E-state index in [1.807, 2.05) is 86.6 Å². The van der Waals surface area contributed by atoms with Gasteiger partial charge in [-0.2, -0.15) is 26.3 Å². The van der Waals surface area contributed by atoms with Gasteiger partial charge in [0, 0.05) is 93.2 Å². The fraction of sp³-hybridized carbons (Fsp3) is 0.243. The Balaban J connectivity index is 0.000000182. The van der Waals surface area contributed by atoms with Gasteiger partial charge >= 0.3 is 12.4 Å². The number of thiocarbonyl (C=S) groups is 1. The number of aromatic nitrogens is 2. The van der Waals surface area contributed by atoms with E-state index in [1.54, 1.807) is 187 Å². The third-order valence-electron chi connectivity index (χ3n) is 22.7. The van der Waals surface area contributed by atoms with Crippen LogP contribution in [0.25, 0.3) is 5.70 Å². The highest BCUT2D eigenvalue weighted by Crippen LogP contribution is 2.44. The average molecular weight is 2110 g/mol. The Bertz CT molecular complexity index is 6630. The van der Waals surface area contributed by atoms with Crippen LogP contribution in [-0.2, 0) is 61.2 Å². The summed E-state index contributed by atoms with van der Waals surface area (Å²) in [5.74, 6) is 2.75. The van der Waals surface area contributed by atoms with Gasteiger partial charge in [0.2, 0.25) is 11.8 Å². The molecule has 5 aliphatic rings. The summed E-state index contributed by atoms with van der Waals surface area (Å²) in [6.07, 6.45) is -0.743. The molecule has 143 heavy (non-hydrogen) atoms. The van der Waals surface area contributed by atoms with Gasteiger partial charge in [-0.05, 0) is 276 Å². The SMILES string of the molecule is C.C.C.C.C.COc1cc2c(s1)CCN(C(=O)c1cccc(Cl)c1)C2COc1ccc(O)cc1.O=C(/C=C/C(F)(F)F)N1CCc2ccsc2C1COc1ccc(O)cc1.O=C(c1ccc(Cl)s1)N1CCc2ccsc2C1COc1ccc(O)cc1.O=C1Cn2cccc2C(COc2ccc(O)cc2)N1Cc1cccc(C(F)(F)F)c1.Oc1ccc(O/C=C2\c3cccn3CC(=S)N2Cc2cccc(Cl)c2)cc1. The van der Waals surface area contributed by atoms with Crippen LogP contribution in [0.15, 0.2) is 290 Å². The van der Waals surface area contributed by atoms with Crippen molar-refractivity contribution in [3.05, 3.63) is 375 Å². The number of allylic oxidation sites excluding steroid dienone is 1. The molecule has 0 aliphatic carbocycles. The summed E-state index contributed by atoms with van der Waals surface area (Å²) in [6.45, 7) is 3.89. The molecule has 8 aromatic carbocycles. The van der Waals surface area contributed by atoms with Gasteiger partial charge in [-0.25, -0.2) is 0 Å². The first-order valence-corrected chi connectivity index (χ1v) is 48.0. The number of phenols is 5. The van der Waals surface area contributed by atoms with Crippen LogP contribution in [-0.4, -0.2) is 147 Å². The maximum Gasteiger partial charge on any atom is 0.416 e. The van der Waals surface area contributed by atoms with Gasteiger partial charge in [-0.15, -0.1) is 45.3 Å². The van der Waals surface area contributed by atoms with Crippen LogP contribution in [0.4, 0.5) is 26.3 Å². The fourth-order valence-corrected chi connectivity index (χ4v) is 20.8. The molecule has 0 fully saturated rings. The van der Waals surface area contributed by atoms with E-state index in [2.05, 4.69) is 20.9 Å². The number of carbonyl (C=O) groups is 4. The number of rotatable bonds is 22. The van der Waals surface area contributed by atoms with Crippen molar-refractivity contribution in [3.8, 4) is 62.6 Å². The predicted molar refractivity (Wildman–Crippen MR) is 557 cm³/mol. The number of carbonyl (C=O) groups excluding carboxylic acids is 4. The number of amides is 4. The van der Waals surface area contributed by atoms with Crippen LogP contribution in [0.2, 0.25) is 14.4 Å². The standard InChI is InChI=1S/C22H20ClNO4S.C22H19F3N2O3.C21H17ClN2O2S.C19H16ClNO3S2.C18H16F3NO3S.5CH4/c1-27-21-12-18-19(13-28-17-7-5-16(25)6-8-17)24(10-9-20(18)29-21)22(26)14-3-2-4-15(23)11-14;23-22(24,25)16-4-1-3-15(11-16)12-27-20(14-30-18-8-6-17(28)7-9-18)19-5-2-10-26(19)13-21(27)29;22-16-4-1-3-15(11-16)12-24-20(14-26-18-8-6-17(25)7-9-18)19-5-2-10-23(19)13-21(24)27;20-17-6-5-16(26-17)19(23)21-9-7-12-8-10-25-18(12)15(21)11-24-14-3-1-13(22)2-4-14;19-18(20,21)8-5-16(24)22-9-6-12-7-10-26-17(12)15(22)11-25-14-3-1-13(23)2-4-14;;;;;/h2-8,11-12,19,25H,9-10,13H2,1H3;1-11,20,28H,12-14H2;1-11,14,25H,12-13H2;1-6,8,10,15,22H,7,9,11H2;1-5,7-8,10,15,23H,6,9,11H2;5*1H4/b;;20-14+;;8-5+;;;;;. The quantitative estimate of drug-likeness (QED) is 0.0183. The van der Waals surface area contributed by atoms with E-state index in [4.69, 9.17) is 75.4 Å². The van der Waals surface area contributed by atoms with Gasteiger partial charge in [-0.1, -0.05) is 114 Å². The molecule has 0 saturated carbocycles. The van der Waals surface area contributed by atoms with Crippen molar-refractivity contribution in [2.24, 2.45) is 0 Å². The highest BCUT2D eigenvalue weighted by molar-refractivity contribution is 7.80. The van der Waals surface area contributed by atoms with E-state index in [-0.39, 0.29) is 128 Å². The molecule has 22 nitrogen and oxygen atoms in total. The topological polar surface area (TPSA) is 251 Å². The van der Waals surface area contributed by atoms with Gasteiger partial charge in [-0.3, -0.25) is 19.2 Å². The fourth-order valence-electron chi connectivity index (χ4n) is 16.0. The molecule has 754 valence electrons. The van der Waals surface area contributed by atoms with Gasteiger partial charge in [0.25, 0.3) is 11.8 Å². The Morgan fingerprint density at radius 1 is 0.490 bits per heavy atom. The lowest BCUT2D eigenvalue weighted by atomic mass is 9.99. The Morgan fingerprint density at radius 3 is 1.50 bits per heavy atom. The molecule has 0 radical (unpaired) electrons.